The van der Waals surface area contributed by atoms with Crippen LogP contribution in [-0.4, -0.2) is 36.1 Å². The normalized spacial score (nSPS) is 13.7. The molecule has 1 atom stereocenters. The SMILES string of the molecule is CCCCN(CC(F)(F)F)C(=O)[C@@H](C)N. The predicted octanol–water partition coefficient (Wildman–Crippen LogP) is 1.52. The number of rotatable bonds is 5. The number of carbonyl (C=O) groups excluding carboxylic acids is 1. The molecule has 0 spiro atoms. The molecule has 0 aliphatic carbocycles. The zero-order chi connectivity index (χ0) is 12.1. The van der Waals surface area contributed by atoms with Crippen LogP contribution in [0.1, 0.15) is 26.7 Å². The highest BCUT2D eigenvalue weighted by atomic mass is 19.4. The third-order valence-electron chi connectivity index (χ3n) is 1.85. The van der Waals surface area contributed by atoms with Crippen LogP contribution in [-0.2, 0) is 4.79 Å². The van der Waals surface area contributed by atoms with Crippen molar-refractivity contribution in [1.29, 1.82) is 0 Å². The van der Waals surface area contributed by atoms with E-state index in [1.54, 1.807) is 0 Å². The predicted molar refractivity (Wildman–Crippen MR) is 51.2 cm³/mol. The summed E-state index contributed by atoms with van der Waals surface area (Å²) in [6.07, 6.45) is -3.08. The van der Waals surface area contributed by atoms with E-state index in [1.807, 2.05) is 6.92 Å². The van der Waals surface area contributed by atoms with Crippen molar-refractivity contribution >= 4 is 5.91 Å². The molecule has 15 heavy (non-hydrogen) atoms. The molecule has 0 aromatic carbocycles. The lowest BCUT2D eigenvalue weighted by Gasteiger charge is -2.25. The Morgan fingerprint density at radius 3 is 2.33 bits per heavy atom. The molecule has 0 radical (unpaired) electrons. The van der Waals surface area contributed by atoms with Crippen molar-refractivity contribution in [2.45, 2.75) is 38.9 Å². The Bertz CT molecular complexity index is 204. The maximum Gasteiger partial charge on any atom is 0.406 e. The number of nitrogens with zero attached hydrogens (tertiary/aromatic N) is 1. The molecule has 0 aliphatic heterocycles. The molecule has 3 nitrogen and oxygen atoms in total. The highest BCUT2D eigenvalue weighted by Crippen LogP contribution is 2.17. The Kier molecular flexibility index (Phi) is 5.64. The molecular weight excluding hydrogens is 209 g/mol. The molecule has 0 saturated heterocycles. The van der Waals surface area contributed by atoms with Crippen molar-refractivity contribution < 1.29 is 18.0 Å². The van der Waals surface area contributed by atoms with E-state index in [0.717, 1.165) is 11.3 Å². The summed E-state index contributed by atoms with van der Waals surface area (Å²) in [7, 11) is 0. The van der Waals surface area contributed by atoms with E-state index in [2.05, 4.69) is 0 Å². The number of nitrogens with two attached hydrogens (primary N) is 1. The van der Waals surface area contributed by atoms with Crippen LogP contribution in [0.25, 0.3) is 0 Å². The van der Waals surface area contributed by atoms with Crippen LogP contribution >= 0.6 is 0 Å². The summed E-state index contributed by atoms with van der Waals surface area (Å²) in [5.41, 5.74) is 5.27. The van der Waals surface area contributed by atoms with Crippen molar-refractivity contribution in [3.05, 3.63) is 0 Å². The first-order valence-corrected chi connectivity index (χ1v) is 4.89. The molecule has 6 heteroatoms. The van der Waals surface area contributed by atoms with Gasteiger partial charge in [-0.3, -0.25) is 4.79 Å². The summed E-state index contributed by atoms with van der Waals surface area (Å²) < 4.78 is 36.4. The second kappa shape index (κ2) is 5.95. The average Bonchev–Trinajstić information content (AvgIpc) is 2.09. The monoisotopic (exact) mass is 226 g/mol. The second-order valence-electron chi connectivity index (χ2n) is 3.52. The maximum atomic E-state index is 12.1. The van der Waals surface area contributed by atoms with Crippen LogP contribution in [0.15, 0.2) is 0 Å². The minimum atomic E-state index is -4.36. The molecule has 0 aromatic heterocycles. The van der Waals surface area contributed by atoms with Gasteiger partial charge in [-0.1, -0.05) is 13.3 Å². The summed E-state index contributed by atoms with van der Waals surface area (Å²) in [6.45, 7) is 2.13. The first kappa shape index (κ1) is 14.2. The Morgan fingerprint density at radius 1 is 1.47 bits per heavy atom. The van der Waals surface area contributed by atoms with Crippen molar-refractivity contribution in [2.75, 3.05) is 13.1 Å². The number of alkyl halides is 3. The van der Waals surface area contributed by atoms with Gasteiger partial charge in [0.25, 0.3) is 0 Å². The zero-order valence-electron chi connectivity index (χ0n) is 8.97. The molecule has 90 valence electrons. The lowest BCUT2D eigenvalue weighted by atomic mass is 10.2. The van der Waals surface area contributed by atoms with Gasteiger partial charge < -0.3 is 10.6 Å². The van der Waals surface area contributed by atoms with E-state index < -0.39 is 24.7 Å². The fourth-order valence-electron chi connectivity index (χ4n) is 1.12. The number of carbonyl (C=O) groups is 1. The fourth-order valence-corrected chi connectivity index (χ4v) is 1.12. The molecule has 0 aliphatic rings. The van der Waals surface area contributed by atoms with Gasteiger partial charge in [0.05, 0.1) is 6.04 Å². The average molecular weight is 226 g/mol. The highest BCUT2D eigenvalue weighted by molar-refractivity contribution is 5.81. The van der Waals surface area contributed by atoms with Crippen LogP contribution in [0.4, 0.5) is 13.2 Å². The molecule has 0 heterocycles. The van der Waals surface area contributed by atoms with Crippen molar-refractivity contribution in [3.8, 4) is 0 Å². The molecule has 0 aromatic rings. The Balaban J connectivity index is 4.37. The summed E-state index contributed by atoms with van der Waals surface area (Å²) in [4.78, 5) is 12.1. The van der Waals surface area contributed by atoms with Gasteiger partial charge in [0, 0.05) is 6.54 Å². The van der Waals surface area contributed by atoms with Gasteiger partial charge in [-0.05, 0) is 13.3 Å². The lowest BCUT2D eigenvalue weighted by molar-refractivity contribution is -0.161. The lowest BCUT2D eigenvalue weighted by Crippen LogP contribution is -2.46. The van der Waals surface area contributed by atoms with Crippen LogP contribution in [0.5, 0.6) is 0 Å². The molecule has 0 fully saturated rings. The topological polar surface area (TPSA) is 46.3 Å². The number of amides is 1. The van der Waals surface area contributed by atoms with Gasteiger partial charge in [-0.15, -0.1) is 0 Å². The Hall–Kier alpha value is -0.780. The summed E-state index contributed by atoms with van der Waals surface area (Å²) in [5, 5.41) is 0. The van der Waals surface area contributed by atoms with E-state index in [0.29, 0.717) is 6.42 Å². The molecular formula is C9H17F3N2O. The molecule has 0 saturated carbocycles. The van der Waals surface area contributed by atoms with Crippen molar-refractivity contribution in [2.24, 2.45) is 5.73 Å². The quantitative estimate of drug-likeness (QED) is 0.772. The summed E-state index contributed by atoms with van der Waals surface area (Å²) in [5.74, 6) is -0.652. The fraction of sp³-hybridized carbons (Fsp3) is 0.889. The molecule has 1 amide bonds. The summed E-state index contributed by atoms with van der Waals surface area (Å²) in [6, 6.07) is -0.885. The van der Waals surface area contributed by atoms with E-state index in [-0.39, 0.29) is 6.54 Å². The van der Waals surface area contributed by atoms with E-state index >= 15 is 0 Å². The van der Waals surface area contributed by atoms with Crippen molar-refractivity contribution in [3.63, 3.8) is 0 Å². The van der Waals surface area contributed by atoms with Gasteiger partial charge in [0.1, 0.15) is 6.54 Å². The minimum Gasteiger partial charge on any atom is -0.332 e. The first-order valence-electron chi connectivity index (χ1n) is 4.89. The largest absolute Gasteiger partial charge is 0.406 e. The highest BCUT2D eigenvalue weighted by Gasteiger charge is 2.33. The van der Waals surface area contributed by atoms with Crippen LogP contribution in [0.3, 0.4) is 0 Å². The standard InChI is InChI=1S/C9H17F3N2O/c1-3-4-5-14(6-9(10,11)12)8(15)7(2)13/h7H,3-6,13H2,1-2H3/t7-/m1/s1. The van der Waals surface area contributed by atoms with E-state index in [1.165, 1.54) is 6.92 Å². The van der Waals surface area contributed by atoms with E-state index in [9.17, 15) is 18.0 Å². The number of halogens is 3. The third-order valence-corrected chi connectivity index (χ3v) is 1.85. The third kappa shape index (κ3) is 6.33. The molecule has 0 bridgehead atoms. The molecule has 0 unspecified atom stereocenters. The van der Waals surface area contributed by atoms with Crippen molar-refractivity contribution in [1.82, 2.24) is 4.90 Å². The van der Waals surface area contributed by atoms with Crippen LogP contribution in [0.2, 0.25) is 0 Å². The van der Waals surface area contributed by atoms with E-state index in [4.69, 9.17) is 5.73 Å². The summed E-state index contributed by atoms with van der Waals surface area (Å²) >= 11 is 0. The van der Waals surface area contributed by atoms with Gasteiger partial charge >= 0.3 is 6.18 Å². The van der Waals surface area contributed by atoms with Gasteiger partial charge in [0.2, 0.25) is 5.91 Å². The minimum absolute atomic E-state index is 0.108. The van der Waals surface area contributed by atoms with Crippen LogP contribution < -0.4 is 5.73 Å². The zero-order valence-corrected chi connectivity index (χ0v) is 8.97. The molecule has 2 N–H and O–H groups in total. The number of unbranched alkanes of at least 4 members (excludes halogenated alkanes) is 1. The smallest absolute Gasteiger partial charge is 0.332 e. The first-order chi connectivity index (χ1) is 6.78. The second-order valence-corrected chi connectivity index (χ2v) is 3.52. The Morgan fingerprint density at radius 2 is 2.00 bits per heavy atom. The number of hydrogen-bond acceptors (Lipinski definition) is 2. The Labute approximate surface area is 87.4 Å². The van der Waals surface area contributed by atoms with Gasteiger partial charge in [0.15, 0.2) is 0 Å². The number of hydrogen-bond donors (Lipinski definition) is 1. The maximum absolute atomic E-state index is 12.1. The van der Waals surface area contributed by atoms with Gasteiger partial charge in [-0.25, -0.2) is 0 Å². The van der Waals surface area contributed by atoms with Gasteiger partial charge in [-0.2, -0.15) is 13.2 Å². The molecule has 0 rings (SSSR count). The van der Waals surface area contributed by atoms with Crippen LogP contribution in [0, 0.1) is 0 Å².